The second-order valence-electron chi connectivity index (χ2n) is 6.62. The third kappa shape index (κ3) is 3.63. The van der Waals surface area contributed by atoms with E-state index >= 15 is 0 Å². The fourth-order valence-electron chi connectivity index (χ4n) is 3.14. The summed E-state index contributed by atoms with van der Waals surface area (Å²) in [6, 6.07) is 12.7. The third-order valence-electron chi connectivity index (χ3n) is 4.51. The molecule has 4 aromatic rings. The van der Waals surface area contributed by atoms with Crippen LogP contribution in [0.3, 0.4) is 0 Å². The van der Waals surface area contributed by atoms with Crippen LogP contribution in [0.1, 0.15) is 33.4 Å². The van der Waals surface area contributed by atoms with Gasteiger partial charge in [0, 0.05) is 4.88 Å². The number of aromatic nitrogens is 2. The molecule has 1 N–H and O–H groups in total. The number of amides is 1. The first-order valence-electron chi connectivity index (χ1n) is 9.32. The number of nitrogens with one attached hydrogen (secondary N) is 1. The van der Waals surface area contributed by atoms with E-state index in [0.29, 0.717) is 51.7 Å². The number of thiophene rings is 1. The van der Waals surface area contributed by atoms with Gasteiger partial charge in [0.25, 0.3) is 11.6 Å². The van der Waals surface area contributed by atoms with E-state index in [4.69, 9.17) is 9.26 Å². The molecular weight excluding hydrogens is 400 g/mol. The number of anilines is 1. The Balaban J connectivity index is 1.80. The van der Waals surface area contributed by atoms with Gasteiger partial charge in [-0.1, -0.05) is 5.16 Å². The number of fused-ring (bicyclic) bond motifs is 1. The van der Waals surface area contributed by atoms with Gasteiger partial charge in [-0.3, -0.25) is 4.79 Å². The normalized spacial score (nSPS) is 10.7. The van der Waals surface area contributed by atoms with E-state index < -0.39 is 0 Å². The summed E-state index contributed by atoms with van der Waals surface area (Å²) in [7, 11) is 0. The van der Waals surface area contributed by atoms with Gasteiger partial charge in [0.1, 0.15) is 5.75 Å². The predicted octanol–water partition coefficient (Wildman–Crippen LogP) is 5.09. The Kier molecular flexibility index (Phi) is 5.21. The minimum Gasteiger partial charge on any atom is -0.492 e. The molecule has 0 spiro atoms. The number of nitriles is 1. The summed E-state index contributed by atoms with van der Waals surface area (Å²) in [6.45, 7) is 6.06. The van der Waals surface area contributed by atoms with Crippen molar-refractivity contribution in [3.8, 4) is 22.4 Å². The Labute approximate surface area is 176 Å². The van der Waals surface area contributed by atoms with Gasteiger partial charge < -0.3 is 14.6 Å². The summed E-state index contributed by atoms with van der Waals surface area (Å²) in [5.74, 6) is 0.130. The van der Waals surface area contributed by atoms with E-state index in [1.54, 1.807) is 42.5 Å². The van der Waals surface area contributed by atoms with Crippen LogP contribution in [0.4, 0.5) is 5.69 Å². The van der Waals surface area contributed by atoms with Crippen LogP contribution in [-0.2, 0) is 0 Å². The molecule has 0 fully saturated rings. The SMILES string of the molecule is CCOc1ccc(C#N)cc1NC(=O)c1cc(-c2ccc(C)s2)nc2onc(C)c12. The number of hydrogen-bond donors (Lipinski definition) is 1. The molecule has 0 bridgehead atoms. The molecule has 0 unspecified atom stereocenters. The number of nitrogens with zero attached hydrogens (tertiary/aromatic N) is 3. The molecule has 1 amide bonds. The number of pyridine rings is 1. The minimum absolute atomic E-state index is 0.303. The monoisotopic (exact) mass is 418 g/mol. The van der Waals surface area contributed by atoms with E-state index in [-0.39, 0.29) is 5.91 Å². The Morgan fingerprint density at radius 1 is 1.27 bits per heavy atom. The fourth-order valence-corrected chi connectivity index (χ4v) is 3.97. The molecule has 0 saturated heterocycles. The Morgan fingerprint density at radius 3 is 2.80 bits per heavy atom. The van der Waals surface area contributed by atoms with Gasteiger partial charge in [-0.15, -0.1) is 11.3 Å². The van der Waals surface area contributed by atoms with Crippen molar-refractivity contribution in [2.75, 3.05) is 11.9 Å². The lowest BCUT2D eigenvalue weighted by molar-refractivity contribution is 0.102. The summed E-state index contributed by atoms with van der Waals surface area (Å²) in [5.41, 5.74) is 2.75. The van der Waals surface area contributed by atoms with Gasteiger partial charge in [-0.05, 0) is 57.2 Å². The van der Waals surface area contributed by atoms with Crippen molar-refractivity contribution in [3.05, 3.63) is 58.1 Å². The molecule has 30 heavy (non-hydrogen) atoms. The minimum atomic E-state index is -0.362. The van der Waals surface area contributed by atoms with Crippen molar-refractivity contribution in [3.63, 3.8) is 0 Å². The lowest BCUT2D eigenvalue weighted by Crippen LogP contribution is -2.14. The number of carbonyl (C=O) groups is 1. The zero-order valence-electron chi connectivity index (χ0n) is 16.6. The van der Waals surface area contributed by atoms with Gasteiger partial charge in [0.05, 0.1) is 51.1 Å². The van der Waals surface area contributed by atoms with Crippen molar-refractivity contribution >= 4 is 34.0 Å². The topological polar surface area (TPSA) is 101 Å². The molecule has 3 heterocycles. The first-order chi connectivity index (χ1) is 14.5. The number of aryl methyl sites for hydroxylation is 2. The van der Waals surface area contributed by atoms with Crippen molar-refractivity contribution in [2.24, 2.45) is 0 Å². The van der Waals surface area contributed by atoms with Crippen LogP contribution in [0.15, 0.2) is 40.9 Å². The van der Waals surface area contributed by atoms with E-state index in [2.05, 4.69) is 21.5 Å². The smallest absolute Gasteiger partial charge is 0.259 e. The summed E-state index contributed by atoms with van der Waals surface area (Å²) < 4.78 is 11.0. The Bertz CT molecular complexity index is 1300. The predicted molar refractivity (Wildman–Crippen MR) is 115 cm³/mol. The van der Waals surface area contributed by atoms with E-state index in [9.17, 15) is 10.1 Å². The molecule has 0 radical (unpaired) electrons. The van der Waals surface area contributed by atoms with Crippen LogP contribution in [0, 0.1) is 25.2 Å². The molecule has 0 saturated carbocycles. The van der Waals surface area contributed by atoms with Crippen LogP contribution >= 0.6 is 11.3 Å². The van der Waals surface area contributed by atoms with Crippen LogP contribution in [0.2, 0.25) is 0 Å². The largest absolute Gasteiger partial charge is 0.492 e. The highest BCUT2D eigenvalue weighted by molar-refractivity contribution is 7.15. The second kappa shape index (κ2) is 7.97. The van der Waals surface area contributed by atoms with Crippen molar-refractivity contribution < 1.29 is 14.1 Å². The molecule has 0 aliphatic rings. The number of carbonyl (C=O) groups excluding carboxylic acids is 1. The maximum absolute atomic E-state index is 13.3. The lowest BCUT2D eigenvalue weighted by atomic mass is 10.1. The molecule has 7 nitrogen and oxygen atoms in total. The first-order valence-corrected chi connectivity index (χ1v) is 10.1. The number of benzene rings is 1. The second-order valence-corrected chi connectivity index (χ2v) is 7.91. The summed E-state index contributed by atoms with van der Waals surface area (Å²) in [5, 5.41) is 16.6. The zero-order chi connectivity index (χ0) is 21.3. The molecule has 150 valence electrons. The van der Waals surface area contributed by atoms with Crippen LogP contribution in [0.25, 0.3) is 21.7 Å². The third-order valence-corrected chi connectivity index (χ3v) is 5.53. The van der Waals surface area contributed by atoms with E-state index in [0.717, 1.165) is 9.75 Å². The van der Waals surface area contributed by atoms with E-state index in [1.807, 2.05) is 26.0 Å². The van der Waals surface area contributed by atoms with Crippen LogP contribution in [-0.4, -0.2) is 22.7 Å². The van der Waals surface area contributed by atoms with Crippen molar-refractivity contribution in [2.45, 2.75) is 20.8 Å². The van der Waals surface area contributed by atoms with Crippen LogP contribution in [0.5, 0.6) is 5.75 Å². The number of ether oxygens (including phenoxy) is 1. The van der Waals surface area contributed by atoms with Crippen molar-refractivity contribution in [1.29, 1.82) is 5.26 Å². The summed E-state index contributed by atoms with van der Waals surface area (Å²) >= 11 is 1.58. The molecule has 3 aromatic heterocycles. The molecular formula is C22H18N4O3S. The van der Waals surface area contributed by atoms with E-state index in [1.165, 1.54) is 0 Å². The maximum Gasteiger partial charge on any atom is 0.259 e. The maximum atomic E-state index is 13.3. The molecule has 0 aliphatic heterocycles. The van der Waals surface area contributed by atoms with Gasteiger partial charge in [0.15, 0.2) is 0 Å². The highest BCUT2D eigenvalue weighted by atomic mass is 32.1. The van der Waals surface area contributed by atoms with Gasteiger partial charge in [-0.25, -0.2) is 4.98 Å². The quantitative estimate of drug-likeness (QED) is 0.484. The summed E-state index contributed by atoms with van der Waals surface area (Å²) in [6.07, 6.45) is 0. The van der Waals surface area contributed by atoms with Crippen molar-refractivity contribution in [1.82, 2.24) is 10.1 Å². The zero-order valence-corrected chi connectivity index (χ0v) is 17.5. The van der Waals surface area contributed by atoms with Gasteiger partial charge in [-0.2, -0.15) is 5.26 Å². The van der Waals surface area contributed by atoms with Gasteiger partial charge in [0.2, 0.25) is 0 Å². The highest BCUT2D eigenvalue weighted by Crippen LogP contribution is 2.32. The average Bonchev–Trinajstić information content (AvgIpc) is 3.34. The molecule has 0 aliphatic carbocycles. The van der Waals surface area contributed by atoms with Crippen LogP contribution < -0.4 is 10.1 Å². The fraction of sp³-hybridized carbons (Fsp3) is 0.182. The lowest BCUT2D eigenvalue weighted by Gasteiger charge is -2.12. The Hall–Kier alpha value is -3.70. The molecule has 4 rings (SSSR count). The Morgan fingerprint density at radius 2 is 2.10 bits per heavy atom. The standard InChI is InChI=1S/C22H18N4O3S/c1-4-28-18-7-6-14(11-23)9-16(18)24-21(27)15-10-17(19-8-5-12(2)30-19)25-22-20(15)13(3)26-29-22/h5-10H,4H2,1-3H3,(H,24,27). The molecule has 8 heteroatoms. The molecule has 1 aromatic carbocycles. The number of rotatable bonds is 5. The first kappa shape index (κ1) is 19.6. The highest BCUT2D eigenvalue weighted by Gasteiger charge is 2.21. The van der Waals surface area contributed by atoms with Gasteiger partial charge >= 0.3 is 0 Å². The number of hydrogen-bond acceptors (Lipinski definition) is 7. The summed E-state index contributed by atoms with van der Waals surface area (Å²) in [4.78, 5) is 19.9. The molecule has 0 atom stereocenters. The average molecular weight is 418 g/mol.